The second-order valence-corrected chi connectivity index (χ2v) is 8.30. The molecule has 0 aliphatic rings. The van der Waals surface area contributed by atoms with Crippen molar-refractivity contribution in [1.29, 1.82) is 0 Å². The normalized spacial score (nSPS) is 10.3. The van der Waals surface area contributed by atoms with Gasteiger partial charge >= 0.3 is 29.8 Å². The van der Waals surface area contributed by atoms with Crippen molar-refractivity contribution in [3.8, 4) is 0 Å². The molecule has 2 N–H and O–H groups in total. The van der Waals surface area contributed by atoms with Crippen molar-refractivity contribution in [3.05, 3.63) is 0 Å². The molecular formula is C27H46O16. The van der Waals surface area contributed by atoms with E-state index in [9.17, 15) is 28.8 Å². The zero-order chi connectivity index (χ0) is 32.6. The van der Waals surface area contributed by atoms with E-state index in [1.807, 2.05) is 6.92 Å². The largest absolute Gasteiger partial charge is 0.481 e. The topological polar surface area (TPSA) is 217 Å². The SMILES string of the molecule is CC(=O)CCC(=O)OCCOCCOCCOC(=O)CCC(=O)O.CCOCCOCCOCCOC(=O)CCC(=O)O. The Kier molecular flexibility index (Phi) is 31.0. The average Bonchev–Trinajstić information content (AvgIpc) is 2.96. The van der Waals surface area contributed by atoms with Crippen LogP contribution in [0.15, 0.2) is 0 Å². The Labute approximate surface area is 251 Å². The van der Waals surface area contributed by atoms with Crippen LogP contribution < -0.4 is 0 Å². The van der Waals surface area contributed by atoms with Gasteiger partial charge in [-0.3, -0.25) is 24.0 Å². The van der Waals surface area contributed by atoms with Crippen LogP contribution in [-0.4, -0.2) is 132 Å². The highest BCUT2D eigenvalue weighted by Gasteiger charge is 2.07. The maximum Gasteiger partial charge on any atom is 0.306 e. The number of carbonyl (C=O) groups excluding carboxylic acids is 4. The van der Waals surface area contributed by atoms with E-state index in [-0.39, 0.29) is 97.2 Å². The van der Waals surface area contributed by atoms with Gasteiger partial charge in [0.05, 0.1) is 91.6 Å². The monoisotopic (exact) mass is 626 g/mol. The van der Waals surface area contributed by atoms with Crippen LogP contribution in [0.3, 0.4) is 0 Å². The summed E-state index contributed by atoms with van der Waals surface area (Å²) in [5.41, 5.74) is 0. The summed E-state index contributed by atoms with van der Waals surface area (Å²) in [7, 11) is 0. The van der Waals surface area contributed by atoms with Gasteiger partial charge in [0.2, 0.25) is 0 Å². The molecule has 0 aromatic heterocycles. The molecule has 0 heterocycles. The van der Waals surface area contributed by atoms with E-state index in [2.05, 4.69) is 0 Å². The van der Waals surface area contributed by atoms with Gasteiger partial charge in [0.1, 0.15) is 25.6 Å². The number of ketones is 1. The van der Waals surface area contributed by atoms with Gasteiger partial charge in [0, 0.05) is 13.0 Å². The smallest absolute Gasteiger partial charge is 0.306 e. The Balaban J connectivity index is 0. The number of aliphatic carboxylic acids is 2. The zero-order valence-corrected chi connectivity index (χ0v) is 25.0. The Morgan fingerprint density at radius 3 is 0.977 bits per heavy atom. The predicted octanol–water partition coefficient (Wildman–Crippen LogP) is 0.804. The summed E-state index contributed by atoms with van der Waals surface area (Å²) in [6, 6.07) is 0. The van der Waals surface area contributed by atoms with Crippen molar-refractivity contribution in [2.24, 2.45) is 0 Å². The van der Waals surface area contributed by atoms with E-state index in [4.69, 9.17) is 48.1 Å². The van der Waals surface area contributed by atoms with Crippen LogP contribution in [0.25, 0.3) is 0 Å². The van der Waals surface area contributed by atoms with Gasteiger partial charge in [-0.15, -0.1) is 0 Å². The Morgan fingerprint density at radius 1 is 0.419 bits per heavy atom. The molecule has 0 spiro atoms. The molecule has 0 fully saturated rings. The first-order valence-electron chi connectivity index (χ1n) is 13.9. The minimum absolute atomic E-state index is 0.0478. The van der Waals surface area contributed by atoms with Crippen LogP contribution in [0.5, 0.6) is 0 Å². The van der Waals surface area contributed by atoms with E-state index >= 15 is 0 Å². The van der Waals surface area contributed by atoms with Crippen molar-refractivity contribution in [2.45, 2.75) is 52.4 Å². The number of carboxylic acids is 2. The molecule has 0 bridgehead atoms. The zero-order valence-electron chi connectivity index (χ0n) is 25.0. The first-order valence-corrected chi connectivity index (χ1v) is 13.9. The second kappa shape index (κ2) is 31.7. The molecule has 250 valence electrons. The highest BCUT2D eigenvalue weighted by molar-refractivity contribution is 5.81. The molecule has 0 aromatic carbocycles. The van der Waals surface area contributed by atoms with Crippen LogP contribution in [0.2, 0.25) is 0 Å². The molecule has 0 rings (SSSR count). The van der Waals surface area contributed by atoms with Crippen LogP contribution in [0.4, 0.5) is 0 Å². The van der Waals surface area contributed by atoms with Crippen molar-refractivity contribution < 1.29 is 76.9 Å². The third-order valence-electron chi connectivity index (χ3n) is 4.56. The van der Waals surface area contributed by atoms with E-state index in [1.165, 1.54) is 6.92 Å². The molecule has 0 radical (unpaired) electrons. The van der Waals surface area contributed by atoms with Gasteiger partial charge in [0.25, 0.3) is 0 Å². The maximum atomic E-state index is 11.2. The second-order valence-electron chi connectivity index (χ2n) is 8.30. The van der Waals surface area contributed by atoms with E-state index in [0.29, 0.717) is 33.0 Å². The Hall–Kier alpha value is -3.18. The van der Waals surface area contributed by atoms with Gasteiger partial charge in [0.15, 0.2) is 0 Å². The first kappa shape index (κ1) is 42.0. The van der Waals surface area contributed by atoms with E-state index in [1.54, 1.807) is 0 Å². The quantitative estimate of drug-likeness (QED) is 0.0697. The molecule has 16 heteroatoms. The van der Waals surface area contributed by atoms with Crippen LogP contribution in [0.1, 0.15) is 52.4 Å². The maximum absolute atomic E-state index is 11.2. The van der Waals surface area contributed by atoms with Gasteiger partial charge in [-0.25, -0.2) is 0 Å². The third kappa shape index (κ3) is 38.8. The fourth-order valence-electron chi connectivity index (χ4n) is 2.46. The van der Waals surface area contributed by atoms with Crippen molar-refractivity contribution in [3.63, 3.8) is 0 Å². The summed E-state index contributed by atoms with van der Waals surface area (Å²) in [6.45, 7) is 7.50. The number of hydrogen-bond donors (Lipinski definition) is 2. The minimum atomic E-state index is -1.05. The van der Waals surface area contributed by atoms with Gasteiger partial charge in [-0.2, -0.15) is 0 Å². The lowest BCUT2D eigenvalue weighted by molar-refractivity contribution is -0.149. The third-order valence-corrected chi connectivity index (χ3v) is 4.56. The van der Waals surface area contributed by atoms with Crippen molar-refractivity contribution in [1.82, 2.24) is 0 Å². The Morgan fingerprint density at radius 2 is 0.698 bits per heavy atom. The number of esters is 3. The fourth-order valence-corrected chi connectivity index (χ4v) is 2.46. The molecule has 0 saturated carbocycles. The number of rotatable bonds is 28. The number of carboxylic acid groups (broad SMARTS) is 2. The molecular weight excluding hydrogens is 580 g/mol. The lowest BCUT2D eigenvalue weighted by Gasteiger charge is -2.07. The number of ether oxygens (including phenoxy) is 8. The Bertz CT molecular complexity index is 732. The first-order chi connectivity index (χ1) is 20.6. The summed E-state index contributed by atoms with van der Waals surface area (Å²) >= 11 is 0. The molecule has 0 saturated heterocycles. The number of hydrogen-bond acceptors (Lipinski definition) is 14. The molecule has 0 aliphatic heterocycles. The molecule has 0 atom stereocenters. The van der Waals surface area contributed by atoms with Gasteiger partial charge in [-0.1, -0.05) is 0 Å². The summed E-state index contributed by atoms with van der Waals surface area (Å²) in [6.07, 6.45) is -0.502. The molecule has 0 unspecified atom stereocenters. The minimum Gasteiger partial charge on any atom is -0.481 e. The standard InChI is InChI=1S/C15H24O9.C12H22O7/c1-12(16)2-4-14(19)23-10-8-21-6-7-22-9-11-24-15(20)5-3-13(17)18;1-2-16-5-6-17-7-8-18-9-10-19-12(15)4-3-11(13)14/h2-11H2,1H3,(H,17,18);2-10H2,1H3,(H,13,14). The van der Waals surface area contributed by atoms with Gasteiger partial charge in [-0.05, 0) is 13.8 Å². The van der Waals surface area contributed by atoms with Crippen molar-refractivity contribution in [2.75, 3.05) is 85.9 Å². The highest BCUT2D eigenvalue weighted by Crippen LogP contribution is 1.95. The lowest BCUT2D eigenvalue weighted by Crippen LogP contribution is -2.15. The van der Waals surface area contributed by atoms with Crippen LogP contribution in [0, 0.1) is 0 Å². The van der Waals surface area contributed by atoms with E-state index in [0.717, 1.165) is 0 Å². The highest BCUT2D eigenvalue weighted by atomic mass is 16.6. The van der Waals surface area contributed by atoms with Crippen molar-refractivity contribution >= 4 is 35.6 Å². The van der Waals surface area contributed by atoms with Gasteiger partial charge < -0.3 is 52.9 Å². The average molecular weight is 627 g/mol. The predicted molar refractivity (Wildman–Crippen MR) is 146 cm³/mol. The molecule has 16 nitrogen and oxygen atoms in total. The summed E-state index contributed by atoms with van der Waals surface area (Å²) < 4.78 is 40.1. The summed E-state index contributed by atoms with van der Waals surface area (Å²) in [5.74, 6) is -3.67. The fraction of sp³-hybridized carbons (Fsp3) is 0.778. The van der Waals surface area contributed by atoms with E-state index < -0.39 is 29.8 Å². The molecule has 0 aromatic rings. The molecule has 0 aliphatic carbocycles. The number of Topliss-reactive ketones (excluding diaryl/α,β-unsaturated/α-hetero) is 1. The summed E-state index contributed by atoms with van der Waals surface area (Å²) in [5, 5.41) is 16.7. The summed E-state index contributed by atoms with van der Waals surface area (Å²) in [4.78, 5) is 64.3. The number of carbonyl (C=O) groups is 6. The molecule has 0 amide bonds. The van der Waals surface area contributed by atoms with Crippen LogP contribution in [-0.2, 0) is 66.7 Å². The lowest BCUT2D eigenvalue weighted by atomic mass is 10.2. The van der Waals surface area contributed by atoms with Crippen LogP contribution >= 0.6 is 0 Å². The molecule has 43 heavy (non-hydrogen) atoms.